The topological polar surface area (TPSA) is 62.3 Å². The van der Waals surface area contributed by atoms with Crippen LogP contribution in [0, 0.1) is 12.8 Å². The molecule has 25 heavy (non-hydrogen) atoms. The molecule has 0 spiro atoms. The number of thiophene rings is 1. The number of amides is 2. The van der Waals surface area contributed by atoms with E-state index in [0.717, 1.165) is 23.4 Å². The molecule has 1 aliphatic carbocycles. The van der Waals surface area contributed by atoms with Crippen LogP contribution < -0.4 is 5.32 Å². The predicted molar refractivity (Wildman–Crippen MR) is 101 cm³/mol. The number of aryl methyl sites for hydroxylation is 1. The maximum Gasteiger partial charge on any atom is 0.231 e. The van der Waals surface area contributed by atoms with Crippen molar-refractivity contribution in [3.63, 3.8) is 0 Å². The summed E-state index contributed by atoms with van der Waals surface area (Å²) in [5.74, 6) is -0.220. The summed E-state index contributed by atoms with van der Waals surface area (Å²) < 4.78 is 0. The summed E-state index contributed by atoms with van der Waals surface area (Å²) in [6, 6.07) is 4.47. The molecule has 5 nitrogen and oxygen atoms in total. The minimum atomic E-state index is -0.260. The highest BCUT2D eigenvalue weighted by Crippen LogP contribution is 2.32. The van der Waals surface area contributed by atoms with E-state index < -0.39 is 0 Å². The molecule has 4 rings (SSSR count). The van der Waals surface area contributed by atoms with Crippen molar-refractivity contribution in [1.29, 1.82) is 0 Å². The monoisotopic (exact) mass is 375 g/mol. The van der Waals surface area contributed by atoms with Gasteiger partial charge in [-0.2, -0.15) is 0 Å². The quantitative estimate of drug-likeness (QED) is 0.881. The van der Waals surface area contributed by atoms with Crippen LogP contribution in [0.5, 0.6) is 0 Å². The van der Waals surface area contributed by atoms with E-state index in [1.807, 2.05) is 10.3 Å². The molecule has 1 N–H and O–H groups in total. The van der Waals surface area contributed by atoms with Gasteiger partial charge >= 0.3 is 0 Å². The Bertz CT molecular complexity index is 792. The lowest BCUT2D eigenvalue weighted by Gasteiger charge is -2.23. The van der Waals surface area contributed by atoms with E-state index in [9.17, 15) is 9.59 Å². The molecule has 2 amide bonds. The van der Waals surface area contributed by atoms with Crippen LogP contribution >= 0.6 is 22.7 Å². The van der Waals surface area contributed by atoms with Gasteiger partial charge in [0.1, 0.15) is 0 Å². The fourth-order valence-electron chi connectivity index (χ4n) is 3.70. The van der Waals surface area contributed by atoms with Crippen molar-refractivity contribution < 1.29 is 9.59 Å². The van der Waals surface area contributed by atoms with Crippen LogP contribution in [-0.4, -0.2) is 34.3 Å². The highest BCUT2D eigenvalue weighted by molar-refractivity contribution is 7.17. The molecule has 1 saturated heterocycles. The van der Waals surface area contributed by atoms with Gasteiger partial charge in [0.05, 0.1) is 16.5 Å². The maximum atomic E-state index is 12.5. The molecule has 132 valence electrons. The maximum absolute atomic E-state index is 12.5. The molecule has 7 heteroatoms. The molecule has 1 aliphatic heterocycles. The van der Waals surface area contributed by atoms with E-state index >= 15 is 0 Å². The van der Waals surface area contributed by atoms with Gasteiger partial charge < -0.3 is 10.2 Å². The summed E-state index contributed by atoms with van der Waals surface area (Å²) in [5, 5.41) is 5.48. The van der Waals surface area contributed by atoms with Crippen LogP contribution in [0.2, 0.25) is 0 Å². The van der Waals surface area contributed by atoms with Gasteiger partial charge in [0.2, 0.25) is 11.8 Å². The van der Waals surface area contributed by atoms with Crippen molar-refractivity contribution in [2.75, 3.05) is 11.9 Å². The van der Waals surface area contributed by atoms with E-state index in [1.54, 1.807) is 11.3 Å². The van der Waals surface area contributed by atoms with E-state index in [0.29, 0.717) is 24.1 Å². The van der Waals surface area contributed by atoms with Gasteiger partial charge in [-0.1, -0.05) is 12.8 Å². The van der Waals surface area contributed by atoms with Crippen molar-refractivity contribution in [2.45, 2.75) is 45.1 Å². The van der Waals surface area contributed by atoms with Crippen LogP contribution in [0.4, 0.5) is 5.13 Å². The minimum Gasteiger partial charge on any atom is -0.339 e. The lowest BCUT2D eigenvalue weighted by molar-refractivity contribution is -0.129. The molecular weight excluding hydrogens is 354 g/mol. The molecule has 2 fully saturated rings. The van der Waals surface area contributed by atoms with E-state index in [1.165, 1.54) is 29.1 Å². The third-order valence-electron chi connectivity index (χ3n) is 5.02. The van der Waals surface area contributed by atoms with Crippen molar-refractivity contribution in [3.8, 4) is 10.6 Å². The molecular formula is C18H21N3O2S2. The second-order valence-electron chi connectivity index (χ2n) is 6.82. The van der Waals surface area contributed by atoms with Crippen molar-refractivity contribution >= 4 is 39.6 Å². The second-order valence-corrected chi connectivity index (χ2v) is 8.97. The van der Waals surface area contributed by atoms with Crippen LogP contribution in [-0.2, 0) is 9.59 Å². The molecule has 0 bridgehead atoms. The van der Waals surface area contributed by atoms with Crippen molar-refractivity contribution in [2.24, 2.45) is 5.92 Å². The van der Waals surface area contributed by atoms with Gasteiger partial charge in [-0.15, -0.1) is 22.7 Å². The summed E-state index contributed by atoms with van der Waals surface area (Å²) in [5.41, 5.74) is 0.897. The fourth-order valence-corrected chi connectivity index (χ4v) is 5.32. The largest absolute Gasteiger partial charge is 0.339 e. The Labute approximate surface area is 155 Å². The van der Waals surface area contributed by atoms with Gasteiger partial charge in [0.25, 0.3) is 0 Å². The number of rotatable bonds is 4. The Balaban J connectivity index is 1.39. The Morgan fingerprint density at radius 3 is 2.84 bits per heavy atom. The van der Waals surface area contributed by atoms with E-state index in [2.05, 4.69) is 29.4 Å². The Hall–Kier alpha value is -1.73. The molecule has 0 radical (unpaired) electrons. The van der Waals surface area contributed by atoms with Crippen LogP contribution in [0.25, 0.3) is 10.6 Å². The Morgan fingerprint density at radius 1 is 1.32 bits per heavy atom. The molecule has 3 heterocycles. The number of carbonyl (C=O) groups excluding carboxylic acids is 2. The summed E-state index contributed by atoms with van der Waals surface area (Å²) in [4.78, 5) is 33.6. The predicted octanol–water partition coefficient (Wildman–Crippen LogP) is 3.91. The Kier molecular flexibility index (Phi) is 4.60. The molecule has 2 aromatic rings. The first kappa shape index (κ1) is 16.7. The summed E-state index contributed by atoms with van der Waals surface area (Å²) >= 11 is 3.13. The standard InChI is InChI=1S/C18H21N3O2S2/c1-11-6-7-15(25-11)14-10-24-18(19-14)20-17(23)12-8-16(22)21(9-12)13-4-2-3-5-13/h6-7,10,12-13H,2-5,8-9H2,1H3,(H,19,20,23)/t12-/m1/s1. The number of nitrogens with zero attached hydrogens (tertiary/aromatic N) is 2. The lowest BCUT2D eigenvalue weighted by atomic mass is 10.1. The SMILES string of the molecule is Cc1ccc(-c2csc(NC(=O)[C@@H]3CC(=O)N(C4CCCC4)C3)n2)s1. The van der Waals surface area contributed by atoms with Crippen molar-refractivity contribution in [3.05, 3.63) is 22.4 Å². The minimum absolute atomic E-state index is 0.0860. The molecule has 0 aromatic carbocycles. The highest BCUT2D eigenvalue weighted by atomic mass is 32.1. The van der Waals surface area contributed by atoms with E-state index in [-0.39, 0.29) is 17.7 Å². The number of hydrogen-bond acceptors (Lipinski definition) is 5. The van der Waals surface area contributed by atoms with Crippen LogP contribution in [0.1, 0.15) is 37.0 Å². The third-order valence-corrected chi connectivity index (χ3v) is 6.80. The van der Waals surface area contributed by atoms with E-state index in [4.69, 9.17) is 0 Å². The number of carbonyl (C=O) groups is 2. The van der Waals surface area contributed by atoms with Gasteiger partial charge in [-0.05, 0) is 31.9 Å². The Morgan fingerprint density at radius 2 is 2.12 bits per heavy atom. The number of anilines is 1. The zero-order valence-electron chi connectivity index (χ0n) is 14.2. The number of thiazole rings is 1. The van der Waals surface area contributed by atoms with Crippen LogP contribution in [0.3, 0.4) is 0 Å². The van der Waals surface area contributed by atoms with Gasteiger partial charge in [-0.25, -0.2) is 4.98 Å². The van der Waals surface area contributed by atoms with Gasteiger partial charge in [0, 0.05) is 29.3 Å². The number of nitrogens with one attached hydrogen (secondary N) is 1. The van der Waals surface area contributed by atoms with Crippen LogP contribution in [0.15, 0.2) is 17.5 Å². The fraction of sp³-hybridized carbons (Fsp3) is 0.500. The average molecular weight is 376 g/mol. The summed E-state index contributed by atoms with van der Waals surface area (Å²) in [6.07, 6.45) is 4.86. The molecule has 2 aliphatic rings. The van der Waals surface area contributed by atoms with Gasteiger partial charge in [0.15, 0.2) is 5.13 Å². The number of hydrogen-bond donors (Lipinski definition) is 1. The second kappa shape index (κ2) is 6.88. The lowest BCUT2D eigenvalue weighted by Crippen LogP contribution is -2.35. The summed E-state index contributed by atoms with van der Waals surface area (Å²) in [7, 11) is 0. The first-order chi connectivity index (χ1) is 12.1. The first-order valence-corrected chi connectivity index (χ1v) is 10.4. The third kappa shape index (κ3) is 3.48. The molecule has 1 saturated carbocycles. The number of aromatic nitrogens is 1. The van der Waals surface area contributed by atoms with Gasteiger partial charge in [-0.3, -0.25) is 9.59 Å². The zero-order valence-corrected chi connectivity index (χ0v) is 15.8. The molecule has 2 aromatic heterocycles. The normalized spacial score (nSPS) is 21.2. The molecule has 1 atom stereocenters. The highest BCUT2D eigenvalue weighted by Gasteiger charge is 2.38. The number of likely N-dealkylation sites (tertiary alicyclic amines) is 1. The molecule has 0 unspecified atom stereocenters. The zero-order chi connectivity index (χ0) is 17.4. The average Bonchev–Trinajstić information content (AvgIpc) is 3.32. The smallest absolute Gasteiger partial charge is 0.231 e. The first-order valence-electron chi connectivity index (χ1n) is 8.73. The summed E-state index contributed by atoms with van der Waals surface area (Å²) in [6.45, 7) is 2.62. The van der Waals surface area contributed by atoms with Crippen molar-refractivity contribution in [1.82, 2.24) is 9.88 Å².